The minimum absolute atomic E-state index is 0.0399. The third kappa shape index (κ3) is 6.11. The number of rotatable bonds is 3. The topological polar surface area (TPSA) is 116 Å². The summed E-state index contributed by atoms with van der Waals surface area (Å²) in [5.74, 6) is -0.294. The molecule has 0 bridgehead atoms. The van der Waals surface area contributed by atoms with E-state index in [9.17, 15) is 17.7 Å². The van der Waals surface area contributed by atoms with Crippen molar-refractivity contribution in [1.29, 1.82) is 0 Å². The molecule has 2 atom stereocenters. The number of allylic oxidation sites excluding steroid dienone is 2. The van der Waals surface area contributed by atoms with Crippen molar-refractivity contribution in [3.05, 3.63) is 48.1 Å². The predicted molar refractivity (Wildman–Crippen MR) is 90.9 cm³/mol. The van der Waals surface area contributed by atoms with E-state index in [0.29, 0.717) is 5.69 Å². The third-order valence-corrected chi connectivity index (χ3v) is 5.87. The van der Waals surface area contributed by atoms with Crippen molar-refractivity contribution in [2.75, 3.05) is 5.32 Å². The summed E-state index contributed by atoms with van der Waals surface area (Å²) in [5, 5.41) is 20.2. The summed E-state index contributed by atoms with van der Waals surface area (Å²) < 4.78 is 23.9. The Morgan fingerprint density at radius 2 is 2.08 bits per heavy atom. The minimum atomic E-state index is -4.83. The summed E-state index contributed by atoms with van der Waals surface area (Å²) in [7, 11) is 0. The van der Waals surface area contributed by atoms with E-state index in [1.54, 1.807) is 6.07 Å². The van der Waals surface area contributed by atoms with Crippen molar-refractivity contribution < 1.29 is 26.9 Å². The van der Waals surface area contributed by atoms with Crippen LogP contribution in [0, 0.1) is 0 Å². The van der Waals surface area contributed by atoms with Crippen molar-refractivity contribution in [2.24, 2.45) is 0 Å². The Morgan fingerprint density at radius 1 is 1.42 bits per heavy atom. The Balaban J connectivity index is 0.000000272. The molecule has 4 N–H and O–H groups in total. The van der Waals surface area contributed by atoms with Crippen LogP contribution in [-0.4, -0.2) is 40.1 Å². The Bertz CT molecular complexity index is 696. The number of nitrogens with one attached hydrogen (secondary N) is 1. The Hall–Kier alpha value is -1.63. The second-order valence-electron chi connectivity index (χ2n) is 5.59. The maximum atomic E-state index is 11.3. The molecule has 0 radical (unpaired) electrons. The van der Waals surface area contributed by atoms with Crippen molar-refractivity contribution >= 4 is 30.1 Å². The zero-order valence-electron chi connectivity index (χ0n) is 13.8. The first-order chi connectivity index (χ1) is 11.1. The molecule has 0 heterocycles. The summed E-state index contributed by atoms with van der Waals surface area (Å²) in [4.78, 5) is 10.7. The first-order valence-corrected chi connectivity index (χ1v) is 10.5. The van der Waals surface area contributed by atoms with E-state index >= 15 is 0 Å². The van der Waals surface area contributed by atoms with Gasteiger partial charge in [0.05, 0.1) is 5.60 Å². The van der Waals surface area contributed by atoms with Crippen molar-refractivity contribution in [1.82, 2.24) is 0 Å². The Morgan fingerprint density at radius 3 is 2.54 bits per heavy atom. The number of hydrogen-bond donors (Lipinski definition) is 4. The van der Waals surface area contributed by atoms with E-state index in [2.05, 4.69) is 9.19 Å². The van der Waals surface area contributed by atoms with Crippen LogP contribution in [0.4, 0.5) is 5.69 Å². The second-order valence-corrected chi connectivity index (χ2v) is 9.20. The van der Waals surface area contributed by atoms with Crippen molar-refractivity contribution in [2.45, 2.75) is 32.8 Å². The molecule has 2 unspecified atom stereocenters. The fraction of sp³-hybridized carbons (Fsp3) is 0.312. The van der Waals surface area contributed by atoms with Crippen LogP contribution in [-0.2, 0) is 12.4 Å². The van der Waals surface area contributed by atoms with Crippen LogP contribution in [0.2, 0.25) is 0 Å². The summed E-state index contributed by atoms with van der Waals surface area (Å²) in [5.41, 5.74) is 0.826. The molecule has 0 saturated heterocycles. The van der Waals surface area contributed by atoms with Gasteiger partial charge in [-0.3, -0.25) is 0 Å². The van der Waals surface area contributed by atoms with E-state index in [1.807, 2.05) is 32.1 Å². The number of benzene rings is 1. The molecule has 8 heteroatoms. The van der Waals surface area contributed by atoms with Crippen LogP contribution in [0.25, 0.3) is 0 Å². The van der Waals surface area contributed by atoms with Gasteiger partial charge in [-0.15, -0.1) is 0 Å². The largest absolute Gasteiger partial charge is 0.385 e. The zero-order valence-corrected chi connectivity index (χ0v) is 15.6. The number of amides is 1. The summed E-state index contributed by atoms with van der Waals surface area (Å²) >= 11 is -4.83. The molecule has 7 nitrogen and oxygen atoms in total. The van der Waals surface area contributed by atoms with Crippen molar-refractivity contribution in [3.63, 3.8) is 0 Å². The average molecular weight is 399 g/mol. The SMILES string of the molecule is CC(=O)Nc1cccc([As](=O)(O)OO)c1.CC1=CC=CCC1(C)O. The molecule has 0 spiro atoms. The smallest absolute Gasteiger partial charge is 0.0863 e. The molecule has 0 aromatic heterocycles. The van der Waals surface area contributed by atoms with Crippen LogP contribution < -0.4 is 9.67 Å². The molecule has 24 heavy (non-hydrogen) atoms. The molecule has 1 aliphatic rings. The van der Waals surface area contributed by atoms with Gasteiger partial charge in [-0.1, -0.05) is 18.2 Å². The monoisotopic (exact) mass is 399 g/mol. The molecular formula is C16H22AsNO6. The summed E-state index contributed by atoms with van der Waals surface area (Å²) in [6.07, 6.45) is 6.65. The molecule has 132 valence electrons. The van der Waals surface area contributed by atoms with Gasteiger partial charge in [0.2, 0.25) is 0 Å². The Labute approximate surface area is 143 Å². The first-order valence-electron chi connectivity index (χ1n) is 7.19. The third-order valence-electron chi connectivity index (χ3n) is 3.45. The second kappa shape index (κ2) is 8.46. The maximum Gasteiger partial charge on any atom is 0.0863 e. The van der Waals surface area contributed by atoms with Crippen molar-refractivity contribution in [3.8, 4) is 0 Å². The number of carbonyl (C=O) groups excluding carboxylic acids is 1. The fourth-order valence-corrected chi connectivity index (χ4v) is 3.27. The molecule has 0 saturated carbocycles. The minimum Gasteiger partial charge on any atom is -0.385 e. The van der Waals surface area contributed by atoms with Gasteiger partial charge in [0.1, 0.15) is 0 Å². The zero-order chi connectivity index (χ0) is 18.4. The standard InChI is InChI=1S/C8H10AsNO5.C8H12O/c1-6(11)10-8-4-2-3-7(5-8)9(12,13)15-14;1-7-5-3-4-6-8(7,2)9/h2-5,14H,1H3,(H,10,11)(H,12,13);3-5,9H,6H2,1-2H3. The predicted octanol–water partition coefficient (Wildman–Crippen LogP) is 1.35. The summed E-state index contributed by atoms with van der Waals surface area (Å²) in [6.45, 7) is 5.10. The van der Waals surface area contributed by atoms with Crippen LogP contribution in [0.15, 0.2) is 48.1 Å². The number of hydrogen-bond acceptors (Lipinski definition) is 5. The van der Waals surface area contributed by atoms with Gasteiger partial charge in [-0.25, -0.2) is 0 Å². The van der Waals surface area contributed by atoms with E-state index in [1.165, 1.54) is 25.1 Å². The van der Waals surface area contributed by atoms with Gasteiger partial charge in [-0.2, -0.15) is 0 Å². The molecular weight excluding hydrogens is 377 g/mol. The molecule has 1 aromatic carbocycles. The van der Waals surface area contributed by atoms with E-state index < -0.39 is 19.8 Å². The summed E-state index contributed by atoms with van der Waals surface area (Å²) in [6, 6.07) is 5.64. The average Bonchev–Trinajstić information content (AvgIpc) is 2.50. The van der Waals surface area contributed by atoms with E-state index in [0.717, 1.165) is 12.0 Å². The number of aliphatic hydroxyl groups is 1. The van der Waals surface area contributed by atoms with Crippen LogP contribution >= 0.6 is 0 Å². The van der Waals surface area contributed by atoms with Gasteiger partial charge in [0, 0.05) is 0 Å². The fourth-order valence-electron chi connectivity index (χ4n) is 1.86. The molecule has 0 fully saturated rings. The normalized spacial score (nSPS) is 21.8. The molecule has 2 rings (SSSR count). The maximum absolute atomic E-state index is 11.3. The van der Waals surface area contributed by atoms with Gasteiger partial charge in [-0.05, 0) is 25.8 Å². The van der Waals surface area contributed by atoms with Crippen LogP contribution in [0.5, 0.6) is 0 Å². The molecule has 1 aromatic rings. The van der Waals surface area contributed by atoms with Crippen LogP contribution in [0.3, 0.4) is 0 Å². The quantitative estimate of drug-likeness (QED) is 0.346. The number of anilines is 1. The van der Waals surface area contributed by atoms with Gasteiger partial charge in [0.25, 0.3) is 0 Å². The molecule has 1 amide bonds. The van der Waals surface area contributed by atoms with E-state index in [-0.39, 0.29) is 10.3 Å². The van der Waals surface area contributed by atoms with Gasteiger partial charge < -0.3 is 5.11 Å². The van der Waals surface area contributed by atoms with E-state index in [4.69, 9.17) is 5.26 Å². The van der Waals surface area contributed by atoms with Crippen LogP contribution in [0.1, 0.15) is 27.2 Å². The first kappa shape index (κ1) is 20.4. The molecule has 0 aliphatic heterocycles. The Kier molecular flexibility index (Phi) is 7.20. The number of carbonyl (C=O) groups is 1. The van der Waals surface area contributed by atoms with Gasteiger partial charge >= 0.3 is 88.4 Å². The van der Waals surface area contributed by atoms with Gasteiger partial charge in [0.15, 0.2) is 0 Å². The molecule has 1 aliphatic carbocycles.